The van der Waals surface area contributed by atoms with Gasteiger partial charge >= 0.3 is 0 Å². The van der Waals surface area contributed by atoms with E-state index in [1.807, 2.05) is 24.7 Å². The number of nitrogens with zero attached hydrogens (tertiary/aromatic N) is 2. The number of rotatable bonds is 11. The molecule has 0 aliphatic heterocycles. The van der Waals surface area contributed by atoms with Crippen molar-refractivity contribution in [3.63, 3.8) is 0 Å². The molecule has 0 aliphatic rings. The van der Waals surface area contributed by atoms with Gasteiger partial charge in [0.2, 0.25) is 0 Å². The number of benzene rings is 1. The molecule has 1 atom stereocenters. The highest BCUT2D eigenvalue weighted by Crippen LogP contribution is 2.22. The predicted molar refractivity (Wildman–Crippen MR) is 103 cm³/mol. The Morgan fingerprint density at radius 1 is 1.13 bits per heavy atom. The number of hydrogen-bond acceptors (Lipinski definition) is 2. The van der Waals surface area contributed by atoms with Gasteiger partial charge in [0.25, 0.3) is 0 Å². The molecule has 2 aromatic rings. The van der Waals surface area contributed by atoms with Gasteiger partial charge in [-0.3, -0.25) is 0 Å². The molecular formula is C19H27ClN2S. The lowest BCUT2D eigenvalue weighted by molar-refractivity contribution is 0.552. The van der Waals surface area contributed by atoms with Crippen molar-refractivity contribution in [3.8, 4) is 0 Å². The second kappa shape index (κ2) is 10.8. The summed E-state index contributed by atoms with van der Waals surface area (Å²) in [6, 6.07) is 8.66. The van der Waals surface area contributed by atoms with Crippen LogP contribution in [0.1, 0.15) is 50.6 Å². The van der Waals surface area contributed by atoms with Gasteiger partial charge < -0.3 is 4.57 Å². The molecule has 23 heavy (non-hydrogen) atoms. The van der Waals surface area contributed by atoms with E-state index in [0.29, 0.717) is 6.04 Å². The summed E-state index contributed by atoms with van der Waals surface area (Å²) in [5.41, 5.74) is 1.33. The Kier molecular flexibility index (Phi) is 8.62. The molecule has 1 unspecified atom stereocenters. The minimum absolute atomic E-state index is 0.458. The zero-order chi connectivity index (χ0) is 16.3. The Bertz CT molecular complexity index is 525. The summed E-state index contributed by atoms with van der Waals surface area (Å²) in [6.07, 6.45) is 13.7. The summed E-state index contributed by atoms with van der Waals surface area (Å²) in [4.78, 5) is 4.21. The number of unbranched alkanes of at least 4 members (excludes halogenated alkanes) is 4. The summed E-state index contributed by atoms with van der Waals surface area (Å²) in [7, 11) is 0. The number of imidazole rings is 1. The largest absolute Gasteiger partial charge is 0.333 e. The molecule has 0 amide bonds. The van der Waals surface area contributed by atoms with Gasteiger partial charge in [-0.2, -0.15) is 11.8 Å². The Balaban J connectivity index is 1.80. The van der Waals surface area contributed by atoms with Crippen LogP contribution in [0.15, 0.2) is 43.0 Å². The highest BCUT2D eigenvalue weighted by Gasteiger charge is 2.11. The molecular weight excluding hydrogens is 324 g/mol. The van der Waals surface area contributed by atoms with Crippen LogP contribution in [0.25, 0.3) is 0 Å². The first kappa shape index (κ1) is 18.4. The second-order valence-corrected chi connectivity index (χ2v) is 7.57. The van der Waals surface area contributed by atoms with Crippen molar-refractivity contribution < 1.29 is 0 Å². The van der Waals surface area contributed by atoms with Crippen molar-refractivity contribution >= 4 is 23.4 Å². The van der Waals surface area contributed by atoms with Crippen molar-refractivity contribution in [2.24, 2.45) is 0 Å². The maximum Gasteiger partial charge on any atom is 0.0948 e. The average molecular weight is 351 g/mol. The Morgan fingerprint density at radius 3 is 2.61 bits per heavy atom. The fourth-order valence-corrected chi connectivity index (χ4v) is 3.92. The molecule has 1 heterocycles. The number of thioether (sulfide) groups is 1. The smallest absolute Gasteiger partial charge is 0.0948 e. The first-order valence-corrected chi connectivity index (χ1v) is 10.1. The Morgan fingerprint density at radius 2 is 1.91 bits per heavy atom. The molecule has 0 aliphatic carbocycles. The second-order valence-electron chi connectivity index (χ2n) is 5.98. The molecule has 1 aromatic heterocycles. The third kappa shape index (κ3) is 7.01. The van der Waals surface area contributed by atoms with Gasteiger partial charge in [0.05, 0.1) is 6.33 Å². The van der Waals surface area contributed by atoms with Gasteiger partial charge in [-0.1, -0.05) is 56.3 Å². The molecule has 2 rings (SSSR count). The molecule has 2 nitrogen and oxygen atoms in total. The van der Waals surface area contributed by atoms with Crippen LogP contribution in [0, 0.1) is 0 Å². The fraction of sp³-hybridized carbons (Fsp3) is 0.526. The lowest BCUT2D eigenvalue weighted by atomic mass is 10.1. The van der Waals surface area contributed by atoms with Crippen molar-refractivity contribution in [2.75, 3.05) is 11.5 Å². The van der Waals surface area contributed by atoms with E-state index >= 15 is 0 Å². The van der Waals surface area contributed by atoms with Crippen LogP contribution in [0.4, 0.5) is 0 Å². The van der Waals surface area contributed by atoms with Crippen LogP contribution >= 0.6 is 23.4 Å². The van der Waals surface area contributed by atoms with Crippen LogP contribution < -0.4 is 0 Å². The number of aromatic nitrogens is 2. The molecule has 0 saturated heterocycles. The standard InChI is InChI=1S/C19H27ClN2S/c1-2-3-4-5-6-13-23-15-19(22-12-11-21-16-22)14-17-7-9-18(20)10-8-17/h7-12,16,19H,2-6,13-15H2,1H3. The molecule has 0 fully saturated rings. The molecule has 0 spiro atoms. The SMILES string of the molecule is CCCCCCCSCC(Cc1ccc(Cl)cc1)n1ccnc1. The average Bonchev–Trinajstić information content (AvgIpc) is 3.09. The van der Waals surface area contributed by atoms with Crippen LogP contribution in [0.3, 0.4) is 0 Å². The topological polar surface area (TPSA) is 17.8 Å². The maximum absolute atomic E-state index is 5.98. The Hall–Kier alpha value is -0.930. The third-order valence-corrected chi connectivity index (χ3v) is 5.48. The Labute approximate surface area is 149 Å². The lowest BCUT2D eigenvalue weighted by Gasteiger charge is -2.18. The van der Waals surface area contributed by atoms with E-state index < -0.39 is 0 Å². The van der Waals surface area contributed by atoms with E-state index in [0.717, 1.165) is 17.2 Å². The number of hydrogen-bond donors (Lipinski definition) is 0. The van der Waals surface area contributed by atoms with Gasteiger partial charge in [-0.25, -0.2) is 4.98 Å². The molecule has 0 bridgehead atoms. The highest BCUT2D eigenvalue weighted by molar-refractivity contribution is 7.99. The third-order valence-electron chi connectivity index (χ3n) is 4.03. The molecule has 0 N–H and O–H groups in total. The summed E-state index contributed by atoms with van der Waals surface area (Å²) < 4.78 is 2.23. The van der Waals surface area contributed by atoms with Crippen LogP contribution in [0.5, 0.6) is 0 Å². The molecule has 0 radical (unpaired) electrons. The first-order chi connectivity index (χ1) is 11.3. The zero-order valence-corrected chi connectivity index (χ0v) is 15.5. The quantitative estimate of drug-likeness (QED) is 0.461. The monoisotopic (exact) mass is 350 g/mol. The van der Waals surface area contributed by atoms with E-state index in [2.05, 4.69) is 46.6 Å². The van der Waals surface area contributed by atoms with Crippen LogP contribution in [0.2, 0.25) is 5.02 Å². The van der Waals surface area contributed by atoms with Gasteiger partial charge in [-0.05, 0) is 36.3 Å². The molecule has 4 heteroatoms. The van der Waals surface area contributed by atoms with Gasteiger partial charge in [0.15, 0.2) is 0 Å². The minimum atomic E-state index is 0.458. The minimum Gasteiger partial charge on any atom is -0.333 e. The van der Waals surface area contributed by atoms with Crippen molar-refractivity contribution in [1.82, 2.24) is 9.55 Å². The predicted octanol–water partition coefficient (Wildman–Crippen LogP) is 6.02. The summed E-state index contributed by atoms with van der Waals surface area (Å²) in [5.74, 6) is 2.39. The number of halogens is 1. The van der Waals surface area contributed by atoms with Gasteiger partial charge in [0.1, 0.15) is 0 Å². The zero-order valence-electron chi connectivity index (χ0n) is 14.0. The highest BCUT2D eigenvalue weighted by atomic mass is 35.5. The van der Waals surface area contributed by atoms with E-state index in [1.165, 1.54) is 43.4 Å². The molecule has 126 valence electrons. The first-order valence-electron chi connectivity index (χ1n) is 8.59. The lowest BCUT2D eigenvalue weighted by Crippen LogP contribution is -2.13. The van der Waals surface area contributed by atoms with Crippen LogP contribution in [-0.4, -0.2) is 21.1 Å². The molecule has 1 aromatic carbocycles. The van der Waals surface area contributed by atoms with Crippen LogP contribution in [-0.2, 0) is 6.42 Å². The van der Waals surface area contributed by atoms with Gasteiger partial charge in [0, 0.05) is 29.2 Å². The van der Waals surface area contributed by atoms with Gasteiger partial charge in [-0.15, -0.1) is 0 Å². The van der Waals surface area contributed by atoms with E-state index in [1.54, 1.807) is 0 Å². The van der Waals surface area contributed by atoms with Crippen molar-refractivity contribution in [1.29, 1.82) is 0 Å². The van der Waals surface area contributed by atoms with E-state index in [4.69, 9.17) is 11.6 Å². The summed E-state index contributed by atoms with van der Waals surface area (Å²) >= 11 is 8.05. The van der Waals surface area contributed by atoms with Crippen molar-refractivity contribution in [3.05, 3.63) is 53.6 Å². The van der Waals surface area contributed by atoms with E-state index in [9.17, 15) is 0 Å². The maximum atomic E-state index is 5.98. The van der Waals surface area contributed by atoms with Crippen molar-refractivity contribution in [2.45, 2.75) is 51.5 Å². The van der Waals surface area contributed by atoms with E-state index in [-0.39, 0.29) is 0 Å². The normalized spacial score (nSPS) is 12.4. The fourth-order valence-electron chi connectivity index (χ4n) is 2.66. The summed E-state index contributed by atoms with van der Waals surface area (Å²) in [6.45, 7) is 2.27. The summed E-state index contributed by atoms with van der Waals surface area (Å²) in [5, 5.41) is 0.800. The molecule has 0 saturated carbocycles.